The second kappa shape index (κ2) is 5.31. The number of rotatable bonds is 5. The number of tetrazole rings is 1. The quantitative estimate of drug-likeness (QED) is 0.851. The molecule has 1 saturated carbocycles. The normalized spacial score (nSPS) is 13.9. The third kappa shape index (κ3) is 2.88. The fourth-order valence-electron chi connectivity index (χ4n) is 2.10. The molecule has 8 heteroatoms. The maximum absolute atomic E-state index is 12.4. The smallest absolute Gasteiger partial charge is 0.323 e. The van der Waals surface area contributed by atoms with Gasteiger partial charge in [-0.05, 0) is 47.5 Å². The zero-order valence-electron chi connectivity index (χ0n) is 11.1. The Morgan fingerprint density at radius 2 is 2.00 bits per heavy atom. The van der Waals surface area contributed by atoms with Crippen LogP contribution in [0.3, 0.4) is 0 Å². The molecule has 0 aliphatic heterocycles. The lowest BCUT2D eigenvalue weighted by molar-refractivity contribution is -0.137. The first-order valence-corrected chi connectivity index (χ1v) is 6.51. The van der Waals surface area contributed by atoms with Crippen molar-refractivity contribution in [3.05, 3.63) is 36.2 Å². The number of aliphatic carboxylic acids is 1. The molecule has 0 unspecified atom stereocenters. The lowest BCUT2D eigenvalue weighted by Gasteiger charge is -2.20. The van der Waals surface area contributed by atoms with Gasteiger partial charge in [0.2, 0.25) is 0 Å². The molecular formula is C13H13N5O3. The Labute approximate surface area is 120 Å². The van der Waals surface area contributed by atoms with Crippen LogP contribution in [0.25, 0.3) is 5.69 Å². The van der Waals surface area contributed by atoms with Crippen molar-refractivity contribution in [3.63, 3.8) is 0 Å². The molecule has 1 aromatic heterocycles. The number of hydrogen-bond acceptors (Lipinski definition) is 5. The maximum Gasteiger partial charge on any atom is 0.323 e. The number of benzene rings is 1. The number of amides is 1. The molecule has 1 amide bonds. The molecule has 8 nitrogen and oxygen atoms in total. The fraction of sp³-hybridized carbons (Fsp3) is 0.308. The van der Waals surface area contributed by atoms with E-state index in [0.717, 1.165) is 18.5 Å². The Hall–Kier alpha value is -2.77. The van der Waals surface area contributed by atoms with Crippen LogP contribution < -0.4 is 0 Å². The van der Waals surface area contributed by atoms with Gasteiger partial charge < -0.3 is 10.0 Å². The fourth-order valence-corrected chi connectivity index (χ4v) is 2.10. The Kier molecular flexibility index (Phi) is 3.35. The summed E-state index contributed by atoms with van der Waals surface area (Å²) in [6.07, 6.45) is 3.18. The zero-order valence-corrected chi connectivity index (χ0v) is 11.1. The SMILES string of the molecule is O=C(O)CN(C(=O)c1ccc(-n2cnnn2)cc1)C1CC1. The van der Waals surface area contributed by atoms with Gasteiger partial charge in [0.25, 0.3) is 5.91 Å². The van der Waals surface area contributed by atoms with Gasteiger partial charge in [-0.2, -0.15) is 0 Å². The van der Waals surface area contributed by atoms with Crippen molar-refractivity contribution >= 4 is 11.9 Å². The summed E-state index contributed by atoms with van der Waals surface area (Å²) in [5.41, 5.74) is 1.19. The number of carboxylic acid groups (broad SMARTS) is 1. The van der Waals surface area contributed by atoms with Crippen LogP contribution in [0.15, 0.2) is 30.6 Å². The number of carbonyl (C=O) groups is 2. The average Bonchev–Trinajstić information content (AvgIpc) is 3.18. The Bertz CT molecular complexity index is 649. The first-order chi connectivity index (χ1) is 10.1. The number of carbonyl (C=O) groups excluding carboxylic acids is 1. The Morgan fingerprint density at radius 1 is 1.29 bits per heavy atom. The van der Waals surface area contributed by atoms with E-state index in [2.05, 4.69) is 15.5 Å². The van der Waals surface area contributed by atoms with Gasteiger partial charge in [0.15, 0.2) is 0 Å². The lowest BCUT2D eigenvalue weighted by atomic mass is 10.1. The van der Waals surface area contributed by atoms with Crippen molar-refractivity contribution < 1.29 is 14.7 Å². The summed E-state index contributed by atoms with van der Waals surface area (Å²) in [4.78, 5) is 24.7. The van der Waals surface area contributed by atoms with Crippen molar-refractivity contribution in [2.24, 2.45) is 0 Å². The Balaban J connectivity index is 1.79. The van der Waals surface area contributed by atoms with Gasteiger partial charge in [0.05, 0.1) is 5.69 Å². The molecule has 1 fully saturated rings. The molecule has 0 bridgehead atoms. The monoisotopic (exact) mass is 287 g/mol. The van der Waals surface area contributed by atoms with E-state index in [1.54, 1.807) is 24.3 Å². The van der Waals surface area contributed by atoms with Crippen LogP contribution in [0.5, 0.6) is 0 Å². The predicted molar refractivity (Wildman–Crippen MR) is 70.8 cm³/mol. The largest absolute Gasteiger partial charge is 0.480 e. The third-order valence-electron chi connectivity index (χ3n) is 3.28. The molecular weight excluding hydrogens is 274 g/mol. The molecule has 108 valence electrons. The van der Waals surface area contributed by atoms with E-state index in [-0.39, 0.29) is 18.5 Å². The second-order valence-corrected chi connectivity index (χ2v) is 4.86. The third-order valence-corrected chi connectivity index (χ3v) is 3.28. The lowest BCUT2D eigenvalue weighted by Crippen LogP contribution is -2.37. The first kappa shape index (κ1) is 13.2. The predicted octanol–water partition coefficient (Wildman–Crippen LogP) is 0.351. The van der Waals surface area contributed by atoms with Crippen molar-refractivity contribution in [1.29, 1.82) is 0 Å². The first-order valence-electron chi connectivity index (χ1n) is 6.51. The topological polar surface area (TPSA) is 101 Å². The van der Waals surface area contributed by atoms with Crippen LogP contribution in [-0.2, 0) is 4.79 Å². The standard InChI is InChI=1S/C13H13N5O3/c19-12(20)7-17(10-5-6-10)13(21)9-1-3-11(4-2-9)18-8-14-15-16-18/h1-4,8,10H,5-7H2,(H,19,20). The Morgan fingerprint density at radius 3 is 2.52 bits per heavy atom. The van der Waals surface area contributed by atoms with Crippen LogP contribution in [0, 0.1) is 0 Å². The molecule has 1 aliphatic rings. The van der Waals surface area contributed by atoms with E-state index >= 15 is 0 Å². The molecule has 21 heavy (non-hydrogen) atoms. The van der Waals surface area contributed by atoms with Crippen molar-refractivity contribution in [3.8, 4) is 5.69 Å². The van der Waals surface area contributed by atoms with Crippen LogP contribution in [0.1, 0.15) is 23.2 Å². The van der Waals surface area contributed by atoms with Crippen LogP contribution in [0.4, 0.5) is 0 Å². The van der Waals surface area contributed by atoms with Gasteiger partial charge in [0, 0.05) is 11.6 Å². The minimum absolute atomic E-state index is 0.0489. The van der Waals surface area contributed by atoms with E-state index < -0.39 is 5.97 Å². The van der Waals surface area contributed by atoms with E-state index in [4.69, 9.17) is 5.11 Å². The summed E-state index contributed by atoms with van der Waals surface area (Å²) in [7, 11) is 0. The molecule has 1 heterocycles. The summed E-state index contributed by atoms with van der Waals surface area (Å²) in [5, 5.41) is 19.7. The molecule has 0 radical (unpaired) electrons. The summed E-state index contributed by atoms with van der Waals surface area (Å²) in [5.74, 6) is -1.26. The summed E-state index contributed by atoms with van der Waals surface area (Å²) in [6.45, 7) is -0.266. The van der Waals surface area contributed by atoms with Crippen molar-refractivity contribution in [2.75, 3.05) is 6.54 Å². The summed E-state index contributed by atoms with van der Waals surface area (Å²) >= 11 is 0. The van der Waals surface area contributed by atoms with Gasteiger partial charge in [-0.1, -0.05) is 0 Å². The highest BCUT2D eigenvalue weighted by atomic mass is 16.4. The molecule has 1 aromatic carbocycles. The minimum atomic E-state index is -0.999. The summed E-state index contributed by atoms with van der Waals surface area (Å²) < 4.78 is 1.48. The van der Waals surface area contributed by atoms with Crippen LogP contribution in [0.2, 0.25) is 0 Å². The van der Waals surface area contributed by atoms with Gasteiger partial charge in [-0.15, -0.1) is 5.10 Å². The number of hydrogen-bond donors (Lipinski definition) is 1. The number of aromatic nitrogens is 4. The molecule has 1 aliphatic carbocycles. The number of carboxylic acids is 1. The van der Waals surface area contributed by atoms with E-state index in [9.17, 15) is 9.59 Å². The molecule has 0 spiro atoms. The van der Waals surface area contributed by atoms with Crippen molar-refractivity contribution in [2.45, 2.75) is 18.9 Å². The van der Waals surface area contributed by atoms with Crippen LogP contribution >= 0.6 is 0 Å². The highest BCUT2D eigenvalue weighted by Crippen LogP contribution is 2.28. The zero-order chi connectivity index (χ0) is 14.8. The molecule has 2 aromatic rings. The van der Waals surface area contributed by atoms with Crippen molar-refractivity contribution in [1.82, 2.24) is 25.1 Å². The van der Waals surface area contributed by atoms with Gasteiger partial charge in [-0.3, -0.25) is 9.59 Å². The van der Waals surface area contributed by atoms with Gasteiger partial charge in [0.1, 0.15) is 12.9 Å². The highest BCUT2D eigenvalue weighted by Gasteiger charge is 2.34. The molecule has 1 N–H and O–H groups in total. The van der Waals surface area contributed by atoms with E-state index in [1.165, 1.54) is 15.9 Å². The van der Waals surface area contributed by atoms with Gasteiger partial charge >= 0.3 is 5.97 Å². The molecule has 0 atom stereocenters. The molecule has 3 rings (SSSR count). The van der Waals surface area contributed by atoms with E-state index in [0.29, 0.717) is 5.56 Å². The van der Waals surface area contributed by atoms with Gasteiger partial charge in [-0.25, -0.2) is 4.68 Å². The maximum atomic E-state index is 12.4. The minimum Gasteiger partial charge on any atom is -0.480 e. The van der Waals surface area contributed by atoms with Crippen LogP contribution in [-0.4, -0.2) is 54.7 Å². The highest BCUT2D eigenvalue weighted by molar-refractivity contribution is 5.96. The number of nitrogens with zero attached hydrogens (tertiary/aromatic N) is 5. The second-order valence-electron chi connectivity index (χ2n) is 4.86. The molecule has 0 saturated heterocycles. The van der Waals surface area contributed by atoms with E-state index in [1.807, 2.05) is 0 Å². The average molecular weight is 287 g/mol. The summed E-state index contributed by atoms with van der Waals surface area (Å²) in [6, 6.07) is 6.78.